The summed E-state index contributed by atoms with van der Waals surface area (Å²) in [6, 6.07) is 9.66. The summed E-state index contributed by atoms with van der Waals surface area (Å²) in [4.78, 5) is 26.7. The minimum absolute atomic E-state index is 0.148. The molecule has 1 fully saturated rings. The third-order valence-electron chi connectivity index (χ3n) is 5.05. The van der Waals surface area contributed by atoms with Crippen molar-refractivity contribution in [2.45, 2.75) is 58.7 Å². The van der Waals surface area contributed by atoms with Crippen molar-refractivity contribution in [3.8, 4) is 0 Å². The summed E-state index contributed by atoms with van der Waals surface area (Å²) in [5.74, 6) is -0.148. The van der Waals surface area contributed by atoms with E-state index in [9.17, 15) is 9.59 Å². The van der Waals surface area contributed by atoms with Crippen molar-refractivity contribution in [2.75, 3.05) is 32.9 Å². The molecular formula is C22H36N2O6Si. The van der Waals surface area contributed by atoms with Crippen LogP contribution in [0.25, 0.3) is 0 Å². The first-order valence-electron chi connectivity index (χ1n) is 11.2. The summed E-state index contributed by atoms with van der Waals surface area (Å²) in [7, 11) is -2.71. The second kappa shape index (κ2) is 13.5. The van der Waals surface area contributed by atoms with Crippen LogP contribution in [0, 0.1) is 0 Å². The second-order valence-corrected chi connectivity index (χ2v) is 10.0. The lowest BCUT2D eigenvalue weighted by Crippen LogP contribution is -2.48. The van der Waals surface area contributed by atoms with Gasteiger partial charge in [-0.2, -0.15) is 0 Å². The molecule has 2 amide bonds. The van der Waals surface area contributed by atoms with Crippen LogP contribution >= 0.6 is 0 Å². The number of hydrogen-bond acceptors (Lipinski definition) is 6. The summed E-state index contributed by atoms with van der Waals surface area (Å²) >= 11 is 0. The highest BCUT2D eigenvalue weighted by Gasteiger charge is 2.40. The molecule has 1 saturated heterocycles. The fraction of sp³-hybridized carbons (Fsp3) is 0.636. The zero-order valence-electron chi connectivity index (χ0n) is 18.9. The van der Waals surface area contributed by atoms with Crippen LogP contribution in [0.15, 0.2) is 30.3 Å². The van der Waals surface area contributed by atoms with Crippen LogP contribution in [0.5, 0.6) is 0 Å². The third-order valence-corrected chi connectivity index (χ3v) is 8.20. The Morgan fingerprint density at radius 2 is 1.71 bits per heavy atom. The highest BCUT2D eigenvalue weighted by Crippen LogP contribution is 2.20. The zero-order valence-corrected chi connectivity index (χ0v) is 19.9. The Balaban J connectivity index is 1.80. The predicted molar refractivity (Wildman–Crippen MR) is 119 cm³/mol. The number of hydrogen-bond donors (Lipinski definition) is 1. The Morgan fingerprint density at radius 3 is 2.32 bits per heavy atom. The lowest BCUT2D eigenvalue weighted by Gasteiger charge is -2.28. The van der Waals surface area contributed by atoms with Gasteiger partial charge in [0.2, 0.25) is 5.91 Å². The molecule has 31 heavy (non-hydrogen) atoms. The monoisotopic (exact) mass is 452 g/mol. The first-order chi connectivity index (χ1) is 15.0. The number of rotatable bonds is 13. The van der Waals surface area contributed by atoms with E-state index in [0.717, 1.165) is 12.0 Å². The van der Waals surface area contributed by atoms with Crippen LogP contribution < -0.4 is 5.32 Å². The maximum Gasteiger partial charge on any atom is 0.500 e. The van der Waals surface area contributed by atoms with Gasteiger partial charge < -0.3 is 23.3 Å². The number of ether oxygens (including phenoxy) is 1. The van der Waals surface area contributed by atoms with Crippen molar-refractivity contribution in [3.05, 3.63) is 35.9 Å². The van der Waals surface area contributed by atoms with Crippen molar-refractivity contribution >= 4 is 20.8 Å². The van der Waals surface area contributed by atoms with Gasteiger partial charge in [0.15, 0.2) is 0 Å². The fourth-order valence-electron chi connectivity index (χ4n) is 3.70. The smallest absolute Gasteiger partial charge is 0.445 e. The molecule has 0 bridgehead atoms. The summed E-state index contributed by atoms with van der Waals surface area (Å²) in [5.41, 5.74) is 0.918. The number of carbonyl (C=O) groups is 2. The topological polar surface area (TPSA) is 86.3 Å². The normalized spacial score (nSPS) is 16.4. The van der Waals surface area contributed by atoms with Crippen molar-refractivity contribution in [1.82, 2.24) is 10.2 Å². The summed E-state index contributed by atoms with van der Waals surface area (Å²) < 4.78 is 22.9. The Hall–Kier alpha value is -1.94. The molecule has 0 spiro atoms. The van der Waals surface area contributed by atoms with Crippen LogP contribution in [-0.2, 0) is 29.4 Å². The Labute approximate surface area is 186 Å². The molecule has 0 radical (unpaired) electrons. The summed E-state index contributed by atoms with van der Waals surface area (Å²) in [6.07, 6.45) is 1.66. The molecule has 1 N–H and O–H groups in total. The van der Waals surface area contributed by atoms with E-state index in [2.05, 4.69) is 5.32 Å². The molecule has 1 aliphatic heterocycles. The van der Waals surface area contributed by atoms with Gasteiger partial charge >= 0.3 is 14.9 Å². The first kappa shape index (κ1) is 25.3. The van der Waals surface area contributed by atoms with E-state index in [1.54, 1.807) is 0 Å². The molecule has 174 valence electrons. The molecule has 1 atom stereocenters. The van der Waals surface area contributed by atoms with Gasteiger partial charge in [0.05, 0.1) is 0 Å². The van der Waals surface area contributed by atoms with Crippen molar-refractivity contribution in [1.29, 1.82) is 0 Å². The minimum atomic E-state index is -2.71. The van der Waals surface area contributed by atoms with Gasteiger partial charge in [-0.25, -0.2) is 4.79 Å². The molecule has 0 saturated carbocycles. The quantitative estimate of drug-likeness (QED) is 0.365. The number of nitrogens with one attached hydrogen (secondary N) is 1. The van der Waals surface area contributed by atoms with E-state index in [4.69, 9.17) is 18.0 Å². The Kier molecular flexibility index (Phi) is 11.0. The number of likely N-dealkylation sites (tertiary alicyclic amines) is 1. The molecule has 0 aliphatic carbocycles. The van der Waals surface area contributed by atoms with Crippen molar-refractivity contribution in [2.24, 2.45) is 0 Å². The van der Waals surface area contributed by atoms with Gasteiger partial charge in [-0.05, 0) is 45.6 Å². The van der Waals surface area contributed by atoms with Gasteiger partial charge in [0, 0.05) is 39.0 Å². The minimum Gasteiger partial charge on any atom is -0.445 e. The SMILES string of the molecule is CCO[Si](CCCNC(=O)[C@@H]1CCCN1C(=O)OCc1ccccc1)(OCC)OCC. The van der Waals surface area contributed by atoms with E-state index in [-0.39, 0.29) is 12.5 Å². The largest absolute Gasteiger partial charge is 0.500 e. The summed E-state index contributed by atoms with van der Waals surface area (Å²) in [6.45, 7) is 8.56. The van der Waals surface area contributed by atoms with Crippen LogP contribution in [0.2, 0.25) is 6.04 Å². The standard InChI is InChI=1S/C22H36N2O6Si/c1-4-28-31(29-5-2,30-6-3)17-11-15-23-21(25)20-14-10-16-24(20)22(26)27-18-19-12-8-7-9-13-19/h7-9,12-13,20H,4-6,10-11,14-18H2,1-3H3,(H,23,25)/t20-/m0/s1. The van der Waals surface area contributed by atoms with Gasteiger partial charge in [-0.15, -0.1) is 0 Å². The lowest BCUT2D eigenvalue weighted by atomic mass is 10.2. The third kappa shape index (κ3) is 7.92. The summed E-state index contributed by atoms with van der Waals surface area (Å²) in [5, 5.41) is 2.95. The maximum atomic E-state index is 12.7. The van der Waals surface area contributed by atoms with Gasteiger partial charge in [-0.1, -0.05) is 30.3 Å². The van der Waals surface area contributed by atoms with Crippen molar-refractivity contribution in [3.63, 3.8) is 0 Å². The molecule has 1 heterocycles. The highest BCUT2D eigenvalue weighted by molar-refractivity contribution is 6.60. The van der Waals surface area contributed by atoms with Gasteiger partial charge in [0.1, 0.15) is 12.6 Å². The predicted octanol–water partition coefficient (Wildman–Crippen LogP) is 3.34. The Bertz CT molecular complexity index is 658. The number of carbonyl (C=O) groups excluding carboxylic acids is 2. The van der Waals surface area contributed by atoms with Gasteiger partial charge in [-0.3, -0.25) is 9.69 Å². The van der Waals surface area contributed by atoms with E-state index >= 15 is 0 Å². The number of amides is 2. The molecule has 1 aromatic carbocycles. The molecule has 1 aliphatic rings. The number of nitrogens with zero attached hydrogens (tertiary/aromatic N) is 1. The highest BCUT2D eigenvalue weighted by atomic mass is 28.4. The van der Waals surface area contributed by atoms with E-state index in [0.29, 0.717) is 51.8 Å². The fourth-order valence-corrected chi connectivity index (χ4v) is 6.31. The van der Waals surface area contributed by atoms with E-state index < -0.39 is 20.9 Å². The second-order valence-electron chi connectivity index (χ2n) is 7.27. The average Bonchev–Trinajstić information content (AvgIpc) is 3.26. The van der Waals surface area contributed by atoms with Crippen LogP contribution in [0.1, 0.15) is 45.6 Å². The lowest BCUT2D eigenvalue weighted by molar-refractivity contribution is -0.125. The maximum absolute atomic E-state index is 12.7. The molecule has 0 unspecified atom stereocenters. The molecule has 8 nitrogen and oxygen atoms in total. The van der Waals surface area contributed by atoms with Crippen LogP contribution in [0.3, 0.4) is 0 Å². The molecular weight excluding hydrogens is 416 g/mol. The zero-order chi connectivity index (χ0) is 22.5. The average molecular weight is 453 g/mol. The molecule has 0 aromatic heterocycles. The van der Waals surface area contributed by atoms with E-state index in [1.807, 2.05) is 51.1 Å². The van der Waals surface area contributed by atoms with E-state index in [1.165, 1.54) is 4.90 Å². The number of benzene rings is 1. The van der Waals surface area contributed by atoms with Crippen LogP contribution in [-0.4, -0.2) is 64.7 Å². The first-order valence-corrected chi connectivity index (χ1v) is 13.1. The molecule has 2 rings (SSSR count). The molecule has 1 aromatic rings. The molecule has 9 heteroatoms. The van der Waals surface area contributed by atoms with Gasteiger partial charge in [0.25, 0.3) is 0 Å². The van der Waals surface area contributed by atoms with Crippen LogP contribution in [0.4, 0.5) is 4.79 Å². The Morgan fingerprint density at radius 1 is 1.06 bits per heavy atom. The van der Waals surface area contributed by atoms with Crippen molar-refractivity contribution < 1.29 is 27.6 Å².